The Balaban J connectivity index is 2.15. The number of halogens is 4. The third-order valence-corrected chi connectivity index (χ3v) is 3.75. The van der Waals surface area contributed by atoms with E-state index in [-0.39, 0.29) is 5.56 Å². The summed E-state index contributed by atoms with van der Waals surface area (Å²) in [5, 5.41) is 9.96. The van der Waals surface area contributed by atoms with Crippen LogP contribution in [0.3, 0.4) is 0 Å². The van der Waals surface area contributed by atoms with Crippen LogP contribution in [0.15, 0.2) is 42.5 Å². The SMILES string of the molecule is OC[C@H]1O[C@H](c2cccc3ccccc23)C(F)(F)C1(F)F. The number of aliphatic hydroxyl groups is 1. The first kappa shape index (κ1) is 14.3. The summed E-state index contributed by atoms with van der Waals surface area (Å²) in [6.45, 7) is -1.16. The number of rotatable bonds is 2. The van der Waals surface area contributed by atoms with Gasteiger partial charge in [0.1, 0.15) is 0 Å². The zero-order chi connectivity index (χ0) is 15.3. The fourth-order valence-electron chi connectivity index (χ4n) is 2.63. The molecule has 0 bridgehead atoms. The first-order valence-corrected chi connectivity index (χ1v) is 6.39. The third-order valence-electron chi connectivity index (χ3n) is 3.75. The van der Waals surface area contributed by atoms with E-state index in [2.05, 4.69) is 0 Å². The van der Waals surface area contributed by atoms with Crippen molar-refractivity contribution < 1.29 is 27.4 Å². The second-order valence-corrected chi connectivity index (χ2v) is 5.00. The summed E-state index contributed by atoms with van der Waals surface area (Å²) in [6.07, 6.45) is -4.30. The van der Waals surface area contributed by atoms with Gasteiger partial charge in [0.2, 0.25) is 0 Å². The number of ether oxygens (including phenoxy) is 1. The Labute approximate surface area is 118 Å². The number of hydrogen-bond donors (Lipinski definition) is 1. The quantitative estimate of drug-likeness (QED) is 0.860. The molecular weight excluding hydrogens is 288 g/mol. The maximum atomic E-state index is 14.1. The lowest BCUT2D eigenvalue weighted by molar-refractivity contribution is -0.201. The number of hydrogen-bond acceptors (Lipinski definition) is 2. The molecule has 2 aromatic rings. The average molecular weight is 300 g/mol. The minimum absolute atomic E-state index is 0.00581. The molecule has 0 aliphatic carbocycles. The van der Waals surface area contributed by atoms with Gasteiger partial charge in [0, 0.05) is 0 Å². The van der Waals surface area contributed by atoms with Gasteiger partial charge in [0.15, 0.2) is 12.2 Å². The second-order valence-electron chi connectivity index (χ2n) is 5.00. The van der Waals surface area contributed by atoms with Gasteiger partial charge in [-0.2, -0.15) is 17.6 Å². The molecule has 0 amide bonds. The molecule has 0 radical (unpaired) electrons. The largest absolute Gasteiger partial charge is 0.393 e. The highest BCUT2D eigenvalue weighted by Gasteiger charge is 2.72. The maximum absolute atomic E-state index is 14.1. The number of alkyl halides is 4. The lowest BCUT2D eigenvalue weighted by atomic mass is 9.95. The van der Waals surface area contributed by atoms with Crippen LogP contribution in [0, 0.1) is 0 Å². The fourth-order valence-corrected chi connectivity index (χ4v) is 2.63. The lowest BCUT2D eigenvalue weighted by Crippen LogP contribution is -2.45. The first-order valence-electron chi connectivity index (χ1n) is 6.39. The van der Waals surface area contributed by atoms with Crippen LogP contribution >= 0.6 is 0 Å². The molecule has 2 atom stereocenters. The van der Waals surface area contributed by atoms with E-state index in [9.17, 15) is 17.6 Å². The molecule has 3 rings (SSSR count). The molecule has 1 aliphatic heterocycles. The number of benzene rings is 2. The first-order chi connectivity index (χ1) is 9.89. The highest BCUT2D eigenvalue weighted by Crippen LogP contribution is 2.55. The zero-order valence-electron chi connectivity index (χ0n) is 10.8. The van der Waals surface area contributed by atoms with Crippen LogP contribution in [0.4, 0.5) is 17.6 Å². The van der Waals surface area contributed by atoms with E-state index in [1.165, 1.54) is 12.1 Å². The Morgan fingerprint density at radius 1 is 0.952 bits per heavy atom. The molecule has 112 valence electrons. The van der Waals surface area contributed by atoms with Gasteiger partial charge in [-0.25, -0.2) is 0 Å². The van der Waals surface area contributed by atoms with Gasteiger partial charge < -0.3 is 9.84 Å². The smallest absolute Gasteiger partial charge is 0.342 e. The Morgan fingerprint density at radius 3 is 2.29 bits per heavy atom. The van der Waals surface area contributed by atoms with Gasteiger partial charge in [0.05, 0.1) is 6.61 Å². The van der Waals surface area contributed by atoms with Crippen molar-refractivity contribution in [3.63, 3.8) is 0 Å². The molecular formula is C15H12F4O2. The van der Waals surface area contributed by atoms with Crippen molar-refractivity contribution in [2.45, 2.75) is 24.1 Å². The standard InChI is InChI=1S/C15H12F4O2/c16-14(17)12(8-20)21-13(15(14,18)19)11-7-3-5-9-4-1-2-6-10(9)11/h1-7,12-13,20H,8H2/t12-,13-/m1/s1. The molecule has 2 aromatic carbocycles. The molecule has 0 saturated carbocycles. The molecule has 1 saturated heterocycles. The molecule has 0 unspecified atom stereocenters. The van der Waals surface area contributed by atoms with Gasteiger partial charge in [-0.1, -0.05) is 42.5 Å². The minimum atomic E-state index is -4.41. The highest BCUT2D eigenvalue weighted by atomic mass is 19.3. The maximum Gasteiger partial charge on any atom is 0.342 e. The summed E-state index contributed by atoms with van der Waals surface area (Å²) in [5.74, 6) is -8.80. The summed E-state index contributed by atoms with van der Waals surface area (Å²) >= 11 is 0. The Morgan fingerprint density at radius 2 is 1.62 bits per heavy atom. The number of fused-ring (bicyclic) bond motifs is 1. The predicted molar refractivity (Wildman–Crippen MR) is 68.5 cm³/mol. The molecule has 1 heterocycles. The topological polar surface area (TPSA) is 29.5 Å². The summed E-state index contributed by atoms with van der Waals surface area (Å²) in [4.78, 5) is 0. The Bertz CT molecular complexity index is 666. The van der Waals surface area contributed by atoms with Crippen LogP contribution in [0.2, 0.25) is 0 Å². The van der Waals surface area contributed by atoms with Crippen molar-refractivity contribution in [3.8, 4) is 0 Å². The summed E-state index contributed by atoms with van der Waals surface area (Å²) in [7, 11) is 0. The van der Waals surface area contributed by atoms with E-state index in [0.29, 0.717) is 10.8 Å². The molecule has 1 aliphatic rings. The zero-order valence-corrected chi connectivity index (χ0v) is 10.8. The molecule has 2 nitrogen and oxygen atoms in total. The lowest BCUT2D eigenvalue weighted by Gasteiger charge is -2.23. The molecule has 0 spiro atoms. The van der Waals surface area contributed by atoms with Crippen LogP contribution in [0.5, 0.6) is 0 Å². The van der Waals surface area contributed by atoms with E-state index in [1.807, 2.05) is 0 Å². The molecule has 0 aromatic heterocycles. The summed E-state index contributed by atoms with van der Waals surface area (Å²) in [6, 6.07) is 11.2. The molecule has 6 heteroatoms. The van der Waals surface area contributed by atoms with Crippen LogP contribution in [-0.4, -0.2) is 29.7 Å². The van der Waals surface area contributed by atoms with Crippen LogP contribution in [-0.2, 0) is 4.74 Å². The van der Waals surface area contributed by atoms with E-state index in [1.54, 1.807) is 30.3 Å². The van der Waals surface area contributed by atoms with Crippen molar-refractivity contribution in [3.05, 3.63) is 48.0 Å². The predicted octanol–water partition coefficient (Wildman–Crippen LogP) is 3.54. The van der Waals surface area contributed by atoms with Crippen molar-refractivity contribution in [1.82, 2.24) is 0 Å². The molecule has 1 N–H and O–H groups in total. The fraction of sp³-hybridized carbons (Fsp3) is 0.333. The van der Waals surface area contributed by atoms with Gasteiger partial charge in [0.25, 0.3) is 0 Å². The van der Waals surface area contributed by atoms with E-state index in [4.69, 9.17) is 9.84 Å². The summed E-state index contributed by atoms with van der Waals surface area (Å²) in [5.41, 5.74) is -0.00581. The van der Waals surface area contributed by atoms with E-state index >= 15 is 0 Å². The van der Waals surface area contributed by atoms with Crippen molar-refractivity contribution in [1.29, 1.82) is 0 Å². The van der Waals surface area contributed by atoms with Gasteiger partial charge in [-0.3, -0.25) is 0 Å². The van der Waals surface area contributed by atoms with Crippen LogP contribution in [0.25, 0.3) is 10.8 Å². The van der Waals surface area contributed by atoms with Gasteiger partial charge >= 0.3 is 11.8 Å². The third kappa shape index (κ3) is 1.93. The monoisotopic (exact) mass is 300 g/mol. The number of aliphatic hydroxyl groups excluding tert-OH is 1. The summed E-state index contributed by atoms with van der Waals surface area (Å²) < 4.78 is 60.3. The van der Waals surface area contributed by atoms with Gasteiger partial charge in [-0.05, 0) is 16.3 Å². The molecule has 1 fully saturated rings. The van der Waals surface area contributed by atoms with Crippen molar-refractivity contribution >= 4 is 10.8 Å². The average Bonchev–Trinajstić information content (AvgIpc) is 2.64. The minimum Gasteiger partial charge on any atom is -0.393 e. The van der Waals surface area contributed by atoms with Crippen LogP contribution < -0.4 is 0 Å². The van der Waals surface area contributed by atoms with Crippen molar-refractivity contribution in [2.24, 2.45) is 0 Å². The molecule has 21 heavy (non-hydrogen) atoms. The Hall–Kier alpha value is -1.66. The van der Waals surface area contributed by atoms with Crippen molar-refractivity contribution in [2.75, 3.05) is 6.61 Å². The normalized spacial score (nSPS) is 27.1. The second kappa shape index (κ2) is 4.68. The van der Waals surface area contributed by atoms with Gasteiger partial charge in [-0.15, -0.1) is 0 Å². The van der Waals surface area contributed by atoms with E-state index in [0.717, 1.165) is 0 Å². The van der Waals surface area contributed by atoms with E-state index < -0.39 is 30.7 Å². The van der Waals surface area contributed by atoms with Crippen LogP contribution in [0.1, 0.15) is 11.7 Å². The highest BCUT2D eigenvalue weighted by molar-refractivity contribution is 5.86. The Kier molecular flexibility index (Phi) is 3.18.